The number of hydrogen-bond acceptors (Lipinski definition) is 3. The Kier molecular flexibility index (Phi) is 3.03. The van der Waals surface area contributed by atoms with Gasteiger partial charge in [-0.25, -0.2) is 4.79 Å². The lowest BCUT2D eigenvalue weighted by Gasteiger charge is -2.29. The van der Waals surface area contributed by atoms with Gasteiger partial charge in [0.25, 0.3) is 0 Å². The van der Waals surface area contributed by atoms with Crippen molar-refractivity contribution in [3.8, 4) is 0 Å². The third-order valence-electron chi connectivity index (χ3n) is 3.53. The van der Waals surface area contributed by atoms with Gasteiger partial charge in [0.05, 0.1) is 11.7 Å². The maximum Gasteiger partial charge on any atom is 0.415 e. The molecule has 0 spiro atoms. The van der Waals surface area contributed by atoms with E-state index in [1.54, 1.807) is 4.90 Å². The molecule has 1 N–H and O–H groups in total. The second kappa shape index (κ2) is 4.55. The molecule has 2 saturated heterocycles. The van der Waals surface area contributed by atoms with Gasteiger partial charge in [-0.15, -0.1) is 0 Å². The fraction of sp³-hybridized carbons (Fsp3) is 0.462. The third-order valence-corrected chi connectivity index (χ3v) is 4.17. The molecule has 0 saturated carbocycles. The van der Waals surface area contributed by atoms with Gasteiger partial charge < -0.3 is 10.1 Å². The van der Waals surface area contributed by atoms with Gasteiger partial charge >= 0.3 is 6.09 Å². The number of amides is 1. The minimum atomic E-state index is -0.238. The highest BCUT2D eigenvalue weighted by atomic mass is 79.9. The SMILES string of the molecule is Cc1ccc(N2C(=O)OC3CCNCC32)c(Br)c1. The van der Waals surface area contributed by atoms with Gasteiger partial charge in [-0.1, -0.05) is 6.07 Å². The Morgan fingerprint density at radius 1 is 1.50 bits per heavy atom. The number of piperidine rings is 1. The van der Waals surface area contributed by atoms with Crippen molar-refractivity contribution in [1.82, 2.24) is 5.32 Å². The van der Waals surface area contributed by atoms with Crippen LogP contribution in [0.2, 0.25) is 0 Å². The van der Waals surface area contributed by atoms with E-state index in [1.165, 1.54) is 0 Å². The van der Waals surface area contributed by atoms with E-state index in [9.17, 15) is 4.79 Å². The van der Waals surface area contributed by atoms with E-state index in [2.05, 4.69) is 21.2 Å². The van der Waals surface area contributed by atoms with Crippen LogP contribution >= 0.6 is 15.9 Å². The number of halogens is 1. The van der Waals surface area contributed by atoms with Crippen LogP contribution in [0, 0.1) is 6.92 Å². The van der Waals surface area contributed by atoms with Gasteiger partial charge in [-0.2, -0.15) is 0 Å². The van der Waals surface area contributed by atoms with Gasteiger partial charge in [-0.3, -0.25) is 4.90 Å². The lowest BCUT2D eigenvalue weighted by Crippen LogP contribution is -2.49. The summed E-state index contributed by atoms with van der Waals surface area (Å²) in [7, 11) is 0. The first kappa shape index (κ1) is 12.0. The fourth-order valence-electron chi connectivity index (χ4n) is 2.62. The molecule has 2 aliphatic heterocycles. The first-order valence-electron chi connectivity index (χ1n) is 6.13. The summed E-state index contributed by atoms with van der Waals surface area (Å²) in [5.74, 6) is 0. The van der Waals surface area contributed by atoms with Gasteiger partial charge in [0.1, 0.15) is 6.10 Å². The van der Waals surface area contributed by atoms with Crippen molar-refractivity contribution in [2.24, 2.45) is 0 Å². The number of nitrogens with zero attached hydrogens (tertiary/aromatic N) is 1. The molecule has 2 unspecified atom stereocenters. The van der Waals surface area contributed by atoms with Crippen LogP contribution in [-0.2, 0) is 4.74 Å². The van der Waals surface area contributed by atoms with Crippen molar-refractivity contribution >= 4 is 27.7 Å². The summed E-state index contributed by atoms with van der Waals surface area (Å²) in [6.45, 7) is 3.73. The molecule has 0 aliphatic carbocycles. The average Bonchev–Trinajstić information content (AvgIpc) is 2.66. The molecular formula is C13H15BrN2O2. The van der Waals surface area contributed by atoms with Crippen LogP contribution in [0.1, 0.15) is 12.0 Å². The molecule has 2 atom stereocenters. The molecule has 0 radical (unpaired) electrons. The van der Waals surface area contributed by atoms with Crippen LogP contribution in [0.15, 0.2) is 22.7 Å². The molecule has 1 aromatic rings. The van der Waals surface area contributed by atoms with E-state index in [0.717, 1.165) is 35.2 Å². The Bertz CT molecular complexity index is 492. The number of hydrogen-bond donors (Lipinski definition) is 1. The lowest BCUT2D eigenvalue weighted by molar-refractivity contribution is 0.117. The van der Waals surface area contributed by atoms with E-state index in [4.69, 9.17) is 4.74 Å². The quantitative estimate of drug-likeness (QED) is 0.866. The lowest BCUT2D eigenvalue weighted by atomic mass is 10.0. The van der Waals surface area contributed by atoms with E-state index in [-0.39, 0.29) is 18.2 Å². The smallest absolute Gasteiger partial charge is 0.415 e. The predicted molar refractivity (Wildman–Crippen MR) is 72.9 cm³/mol. The predicted octanol–water partition coefficient (Wildman–Crippen LogP) is 2.44. The molecule has 5 heteroatoms. The maximum absolute atomic E-state index is 12.0. The Balaban J connectivity index is 1.97. The summed E-state index contributed by atoms with van der Waals surface area (Å²) >= 11 is 3.53. The highest BCUT2D eigenvalue weighted by molar-refractivity contribution is 9.10. The van der Waals surface area contributed by atoms with Gasteiger partial charge in [0.15, 0.2) is 0 Å². The van der Waals surface area contributed by atoms with Crippen molar-refractivity contribution in [2.75, 3.05) is 18.0 Å². The Hall–Kier alpha value is -1.07. The van der Waals surface area contributed by atoms with Crippen molar-refractivity contribution in [1.29, 1.82) is 0 Å². The van der Waals surface area contributed by atoms with Gasteiger partial charge in [0.2, 0.25) is 0 Å². The van der Waals surface area contributed by atoms with Crippen molar-refractivity contribution in [3.05, 3.63) is 28.2 Å². The minimum absolute atomic E-state index is 0.0203. The Morgan fingerprint density at radius 3 is 3.11 bits per heavy atom. The summed E-state index contributed by atoms with van der Waals surface area (Å²) in [5, 5.41) is 3.32. The molecule has 3 rings (SSSR count). The van der Waals surface area contributed by atoms with E-state index >= 15 is 0 Å². The summed E-state index contributed by atoms with van der Waals surface area (Å²) in [4.78, 5) is 13.8. The molecule has 2 fully saturated rings. The van der Waals surface area contributed by atoms with Crippen LogP contribution in [0.5, 0.6) is 0 Å². The molecule has 18 heavy (non-hydrogen) atoms. The van der Waals surface area contributed by atoms with Crippen molar-refractivity contribution < 1.29 is 9.53 Å². The van der Waals surface area contributed by atoms with E-state index in [1.807, 2.05) is 25.1 Å². The zero-order valence-corrected chi connectivity index (χ0v) is 11.7. The highest BCUT2D eigenvalue weighted by Gasteiger charge is 2.44. The number of carbonyl (C=O) groups excluding carboxylic acids is 1. The Labute approximate surface area is 114 Å². The summed E-state index contributed by atoms with van der Waals surface area (Å²) in [6, 6.07) is 6.10. The zero-order valence-electron chi connectivity index (χ0n) is 10.1. The van der Waals surface area contributed by atoms with Gasteiger partial charge in [-0.05, 0) is 53.5 Å². The molecule has 1 aromatic carbocycles. The monoisotopic (exact) mass is 310 g/mol. The van der Waals surface area contributed by atoms with Crippen LogP contribution in [-0.4, -0.2) is 31.3 Å². The molecule has 96 valence electrons. The molecule has 2 aliphatic rings. The average molecular weight is 311 g/mol. The number of nitrogens with one attached hydrogen (secondary N) is 1. The molecule has 4 nitrogen and oxygen atoms in total. The van der Waals surface area contributed by atoms with Crippen molar-refractivity contribution in [2.45, 2.75) is 25.5 Å². The van der Waals surface area contributed by atoms with Crippen LogP contribution in [0.4, 0.5) is 10.5 Å². The Morgan fingerprint density at radius 2 is 2.33 bits per heavy atom. The first-order chi connectivity index (χ1) is 8.66. The van der Waals surface area contributed by atoms with Crippen LogP contribution in [0.3, 0.4) is 0 Å². The number of benzene rings is 1. The number of fused-ring (bicyclic) bond motifs is 1. The standard InChI is InChI=1S/C13H15BrN2O2/c1-8-2-3-10(9(14)6-8)16-11-7-15-5-4-12(11)18-13(16)17/h2-3,6,11-12,15H,4-5,7H2,1H3. The largest absolute Gasteiger partial charge is 0.444 e. The fourth-order valence-corrected chi connectivity index (χ4v) is 3.30. The number of carbonyl (C=O) groups is 1. The molecule has 1 amide bonds. The van der Waals surface area contributed by atoms with E-state index < -0.39 is 0 Å². The number of anilines is 1. The number of rotatable bonds is 1. The molecule has 0 bridgehead atoms. The van der Waals surface area contributed by atoms with Crippen LogP contribution in [0.25, 0.3) is 0 Å². The molecular weight excluding hydrogens is 296 g/mol. The first-order valence-corrected chi connectivity index (χ1v) is 6.93. The third kappa shape index (κ3) is 1.91. The number of ether oxygens (including phenoxy) is 1. The number of aryl methyl sites for hydroxylation is 1. The molecule has 0 aromatic heterocycles. The summed E-state index contributed by atoms with van der Waals surface area (Å²) < 4.78 is 6.38. The van der Waals surface area contributed by atoms with Crippen molar-refractivity contribution in [3.63, 3.8) is 0 Å². The van der Waals surface area contributed by atoms with Crippen LogP contribution < -0.4 is 10.2 Å². The summed E-state index contributed by atoms with van der Waals surface area (Å²) in [5.41, 5.74) is 2.05. The highest BCUT2D eigenvalue weighted by Crippen LogP contribution is 2.34. The molecule has 2 heterocycles. The second-order valence-corrected chi connectivity index (χ2v) is 5.66. The van der Waals surface area contributed by atoms with E-state index in [0.29, 0.717) is 0 Å². The summed E-state index contributed by atoms with van der Waals surface area (Å²) in [6.07, 6.45) is 0.668. The normalized spacial score (nSPS) is 27.0. The zero-order chi connectivity index (χ0) is 12.7. The van der Waals surface area contributed by atoms with Gasteiger partial charge in [0, 0.05) is 11.0 Å². The minimum Gasteiger partial charge on any atom is -0.444 e. The second-order valence-electron chi connectivity index (χ2n) is 4.81. The maximum atomic E-state index is 12.0. The topological polar surface area (TPSA) is 41.6 Å².